The zero-order valence-electron chi connectivity index (χ0n) is 12.5. The van der Waals surface area contributed by atoms with Gasteiger partial charge in [0, 0.05) is 16.2 Å². The Morgan fingerprint density at radius 1 is 1.09 bits per heavy atom. The molecule has 2 aromatic rings. The Bertz CT molecular complexity index is 628. The molecule has 0 aliphatic rings. The fourth-order valence-corrected chi connectivity index (χ4v) is 2.21. The van der Waals surface area contributed by atoms with Gasteiger partial charge in [0.25, 0.3) is 0 Å². The summed E-state index contributed by atoms with van der Waals surface area (Å²) in [7, 11) is 3.14. The maximum Gasteiger partial charge on any atom is 0.228 e. The summed E-state index contributed by atoms with van der Waals surface area (Å²) < 4.78 is 10.4. The highest BCUT2D eigenvalue weighted by Crippen LogP contribution is 2.28. The van der Waals surface area contributed by atoms with Gasteiger partial charge in [-0.2, -0.15) is 0 Å². The smallest absolute Gasteiger partial charge is 0.228 e. The molecule has 2 rings (SSSR count). The van der Waals surface area contributed by atoms with E-state index >= 15 is 0 Å². The number of nitrogens with one attached hydrogen (secondary N) is 1. The summed E-state index contributed by atoms with van der Waals surface area (Å²) in [6, 6.07) is 14.0. The van der Waals surface area contributed by atoms with Crippen LogP contribution >= 0.6 is 0 Å². The van der Waals surface area contributed by atoms with E-state index in [0.717, 1.165) is 17.0 Å². The minimum Gasteiger partial charge on any atom is -0.497 e. The van der Waals surface area contributed by atoms with Crippen molar-refractivity contribution in [1.29, 1.82) is 0 Å². The SMILES string of the molecule is COc1ccc(NC(C[N+](=O)[O-])c2ccccc2OC)cc1. The molecule has 6 heteroatoms. The molecule has 22 heavy (non-hydrogen) atoms. The fourth-order valence-electron chi connectivity index (χ4n) is 2.21. The molecular weight excluding hydrogens is 284 g/mol. The Labute approximate surface area is 128 Å². The van der Waals surface area contributed by atoms with Gasteiger partial charge in [-0.05, 0) is 30.3 Å². The third kappa shape index (κ3) is 3.88. The van der Waals surface area contributed by atoms with Gasteiger partial charge in [-0.15, -0.1) is 0 Å². The average molecular weight is 302 g/mol. The number of para-hydroxylation sites is 1. The lowest BCUT2D eigenvalue weighted by molar-refractivity contribution is -0.482. The minimum absolute atomic E-state index is 0.244. The molecule has 0 amide bonds. The van der Waals surface area contributed by atoms with Gasteiger partial charge in [-0.3, -0.25) is 10.1 Å². The molecule has 1 atom stereocenters. The lowest BCUT2D eigenvalue weighted by Crippen LogP contribution is -2.21. The first-order valence-electron chi connectivity index (χ1n) is 6.79. The molecule has 0 fully saturated rings. The van der Waals surface area contributed by atoms with Crippen molar-refractivity contribution in [2.24, 2.45) is 0 Å². The molecule has 0 radical (unpaired) electrons. The van der Waals surface area contributed by atoms with E-state index in [1.54, 1.807) is 32.4 Å². The lowest BCUT2D eigenvalue weighted by Gasteiger charge is -2.19. The fraction of sp³-hybridized carbons (Fsp3) is 0.250. The predicted molar refractivity (Wildman–Crippen MR) is 84.2 cm³/mol. The van der Waals surface area contributed by atoms with Crippen LogP contribution in [0.5, 0.6) is 11.5 Å². The predicted octanol–water partition coefficient (Wildman–Crippen LogP) is 3.13. The highest BCUT2D eigenvalue weighted by molar-refractivity contribution is 5.50. The van der Waals surface area contributed by atoms with Gasteiger partial charge in [0.2, 0.25) is 6.54 Å². The van der Waals surface area contributed by atoms with Crippen LogP contribution in [0.15, 0.2) is 48.5 Å². The zero-order valence-corrected chi connectivity index (χ0v) is 12.5. The summed E-state index contributed by atoms with van der Waals surface area (Å²) >= 11 is 0. The van der Waals surface area contributed by atoms with Crippen LogP contribution in [-0.4, -0.2) is 25.7 Å². The van der Waals surface area contributed by atoms with Gasteiger partial charge in [0.15, 0.2) is 0 Å². The number of hydrogen-bond acceptors (Lipinski definition) is 5. The standard InChI is InChI=1S/C16H18N2O4/c1-21-13-9-7-12(8-10-13)17-15(11-18(19)20)14-5-3-4-6-16(14)22-2/h3-10,15,17H,11H2,1-2H3. The molecule has 6 nitrogen and oxygen atoms in total. The van der Waals surface area contributed by atoms with E-state index < -0.39 is 6.04 Å². The summed E-state index contributed by atoms with van der Waals surface area (Å²) in [6.07, 6.45) is 0. The molecule has 1 unspecified atom stereocenters. The van der Waals surface area contributed by atoms with Gasteiger partial charge < -0.3 is 14.8 Å². The van der Waals surface area contributed by atoms with E-state index in [0.29, 0.717) is 5.75 Å². The van der Waals surface area contributed by atoms with Crippen LogP contribution in [0.4, 0.5) is 5.69 Å². The van der Waals surface area contributed by atoms with Crippen molar-refractivity contribution in [3.63, 3.8) is 0 Å². The second-order valence-electron chi connectivity index (χ2n) is 4.68. The van der Waals surface area contributed by atoms with Crippen LogP contribution in [0.2, 0.25) is 0 Å². The number of hydrogen-bond donors (Lipinski definition) is 1. The van der Waals surface area contributed by atoms with Crippen molar-refractivity contribution in [3.8, 4) is 11.5 Å². The van der Waals surface area contributed by atoms with Gasteiger partial charge in [-0.1, -0.05) is 18.2 Å². The second-order valence-corrected chi connectivity index (χ2v) is 4.68. The maximum atomic E-state index is 11.0. The number of benzene rings is 2. The monoisotopic (exact) mass is 302 g/mol. The number of ether oxygens (including phenoxy) is 2. The Balaban J connectivity index is 2.27. The van der Waals surface area contributed by atoms with Gasteiger partial charge in [0.05, 0.1) is 14.2 Å². The number of nitro groups is 1. The van der Waals surface area contributed by atoms with Crippen molar-refractivity contribution >= 4 is 5.69 Å². The van der Waals surface area contributed by atoms with Crippen LogP contribution in [0, 0.1) is 10.1 Å². The molecule has 0 aromatic heterocycles. The van der Waals surface area contributed by atoms with Crippen molar-refractivity contribution in [3.05, 3.63) is 64.2 Å². The van der Waals surface area contributed by atoms with Gasteiger partial charge >= 0.3 is 0 Å². The molecule has 2 aromatic carbocycles. The second kappa shape index (κ2) is 7.31. The van der Waals surface area contributed by atoms with Crippen LogP contribution in [0.1, 0.15) is 11.6 Å². The van der Waals surface area contributed by atoms with E-state index in [-0.39, 0.29) is 11.5 Å². The first-order valence-corrected chi connectivity index (χ1v) is 6.79. The van der Waals surface area contributed by atoms with Crippen LogP contribution < -0.4 is 14.8 Å². The molecule has 0 aliphatic heterocycles. The normalized spacial score (nSPS) is 11.5. The van der Waals surface area contributed by atoms with Gasteiger partial charge in [-0.25, -0.2) is 0 Å². The van der Waals surface area contributed by atoms with Crippen LogP contribution in [0.3, 0.4) is 0 Å². The molecular formula is C16H18N2O4. The Hall–Kier alpha value is -2.76. The number of nitrogens with zero attached hydrogens (tertiary/aromatic N) is 1. The highest BCUT2D eigenvalue weighted by Gasteiger charge is 2.21. The third-order valence-corrected chi connectivity index (χ3v) is 3.28. The molecule has 0 bridgehead atoms. The first kappa shape index (κ1) is 15.6. The summed E-state index contributed by atoms with van der Waals surface area (Å²) in [5.41, 5.74) is 1.52. The summed E-state index contributed by atoms with van der Waals surface area (Å²) in [6.45, 7) is -0.244. The Kier molecular flexibility index (Phi) is 5.19. The average Bonchev–Trinajstić information content (AvgIpc) is 2.54. The van der Waals surface area contributed by atoms with Crippen molar-refractivity contribution in [2.75, 3.05) is 26.1 Å². The maximum absolute atomic E-state index is 11.0. The summed E-state index contributed by atoms with van der Waals surface area (Å²) in [5, 5.41) is 14.2. The molecule has 0 heterocycles. The molecule has 1 N–H and O–H groups in total. The molecule has 0 saturated heterocycles. The van der Waals surface area contributed by atoms with E-state index in [1.165, 1.54) is 0 Å². The number of methoxy groups -OCH3 is 2. The van der Waals surface area contributed by atoms with E-state index in [2.05, 4.69) is 5.32 Å². The summed E-state index contributed by atoms with van der Waals surface area (Å²) in [5.74, 6) is 1.35. The van der Waals surface area contributed by atoms with Crippen molar-refractivity contribution < 1.29 is 14.4 Å². The highest BCUT2D eigenvalue weighted by atomic mass is 16.6. The number of rotatable bonds is 7. The zero-order chi connectivity index (χ0) is 15.9. The molecule has 116 valence electrons. The first-order chi connectivity index (χ1) is 10.6. The largest absolute Gasteiger partial charge is 0.497 e. The van der Waals surface area contributed by atoms with Crippen LogP contribution in [0.25, 0.3) is 0 Å². The van der Waals surface area contributed by atoms with Crippen molar-refractivity contribution in [2.45, 2.75) is 6.04 Å². The number of anilines is 1. The topological polar surface area (TPSA) is 73.6 Å². The molecule has 0 aliphatic carbocycles. The van der Waals surface area contributed by atoms with Crippen molar-refractivity contribution in [1.82, 2.24) is 0 Å². The van der Waals surface area contributed by atoms with E-state index in [9.17, 15) is 10.1 Å². The summed E-state index contributed by atoms with van der Waals surface area (Å²) in [4.78, 5) is 10.6. The van der Waals surface area contributed by atoms with E-state index in [4.69, 9.17) is 9.47 Å². The quantitative estimate of drug-likeness (QED) is 0.628. The molecule has 0 saturated carbocycles. The Morgan fingerprint density at radius 2 is 1.77 bits per heavy atom. The lowest BCUT2D eigenvalue weighted by atomic mass is 10.1. The Morgan fingerprint density at radius 3 is 2.36 bits per heavy atom. The minimum atomic E-state index is -0.487. The molecule has 0 spiro atoms. The van der Waals surface area contributed by atoms with E-state index in [1.807, 2.05) is 30.3 Å². The van der Waals surface area contributed by atoms with Gasteiger partial charge in [0.1, 0.15) is 17.5 Å². The third-order valence-electron chi connectivity index (χ3n) is 3.28. The van der Waals surface area contributed by atoms with Crippen LogP contribution in [-0.2, 0) is 0 Å².